The molecule has 2 aliphatic carbocycles. The first-order valence-electron chi connectivity index (χ1n) is 10.4. The van der Waals surface area contributed by atoms with Gasteiger partial charge in [0.2, 0.25) is 0 Å². The smallest absolute Gasteiger partial charge is 0.184 e. The Morgan fingerprint density at radius 1 is 1.04 bits per heavy atom. The fraction of sp³-hybridized carbons (Fsp3) is 0.652. The number of hydrogen-bond acceptors (Lipinski definition) is 1. The Labute approximate surface area is 163 Å². The molecule has 144 valence electrons. The molecule has 0 aromatic heterocycles. The van der Waals surface area contributed by atoms with Gasteiger partial charge in [-0.2, -0.15) is 0 Å². The molecular weight excluding hydrogens is 347 g/mol. The van der Waals surface area contributed by atoms with Crippen LogP contribution in [-0.4, -0.2) is 6.61 Å². The van der Waals surface area contributed by atoms with Gasteiger partial charge in [-0.25, -0.2) is 4.39 Å². The zero-order valence-electron chi connectivity index (χ0n) is 16.1. The molecule has 0 unspecified atom stereocenters. The van der Waals surface area contributed by atoms with Crippen molar-refractivity contribution in [2.24, 2.45) is 23.7 Å². The predicted molar refractivity (Wildman–Crippen MR) is 108 cm³/mol. The van der Waals surface area contributed by atoms with E-state index in [1.165, 1.54) is 51.4 Å². The van der Waals surface area contributed by atoms with Gasteiger partial charge in [-0.1, -0.05) is 43.5 Å². The normalized spacial score (nSPS) is 29.8. The van der Waals surface area contributed by atoms with Crippen LogP contribution in [0.1, 0.15) is 70.8 Å². The lowest BCUT2D eigenvalue weighted by molar-refractivity contribution is 0.160. The van der Waals surface area contributed by atoms with Crippen LogP contribution in [0, 0.1) is 29.5 Å². The average Bonchev–Trinajstić information content (AvgIpc) is 2.66. The topological polar surface area (TPSA) is 9.23 Å². The summed E-state index contributed by atoms with van der Waals surface area (Å²) in [6.45, 7) is 4.67. The minimum atomic E-state index is -0.453. The van der Waals surface area contributed by atoms with Crippen LogP contribution in [0.4, 0.5) is 4.39 Å². The summed E-state index contributed by atoms with van der Waals surface area (Å²) in [5.74, 6) is 3.21. The number of hydrogen-bond donors (Lipinski definition) is 0. The van der Waals surface area contributed by atoms with Crippen molar-refractivity contribution in [3.63, 3.8) is 0 Å². The SMILES string of the molecule is CCOc1ccc(/C=C/C2CCC(C3CCC(C)CC3)CC2)c(Cl)c1F. The molecule has 0 bridgehead atoms. The number of benzene rings is 1. The lowest BCUT2D eigenvalue weighted by Gasteiger charge is -2.36. The van der Waals surface area contributed by atoms with E-state index in [2.05, 4.69) is 13.0 Å². The van der Waals surface area contributed by atoms with E-state index in [9.17, 15) is 4.39 Å². The zero-order chi connectivity index (χ0) is 18.5. The van der Waals surface area contributed by atoms with Crippen LogP contribution in [0.25, 0.3) is 6.08 Å². The third-order valence-corrected chi connectivity index (χ3v) is 6.85. The lowest BCUT2D eigenvalue weighted by atomic mass is 9.69. The molecule has 26 heavy (non-hydrogen) atoms. The Kier molecular flexibility index (Phi) is 7.03. The highest BCUT2D eigenvalue weighted by molar-refractivity contribution is 6.32. The van der Waals surface area contributed by atoms with Gasteiger partial charge in [0.25, 0.3) is 0 Å². The quantitative estimate of drug-likeness (QED) is 0.514. The molecule has 0 aliphatic heterocycles. The Morgan fingerprint density at radius 2 is 1.65 bits per heavy atom. The summed E-state index contributed by atoms with van der Waals surface area (Å²) >= 11 is 6.18. The highest BCUT2D eigenvalue weighted by Gasteiger charge is 2.29. The van der Waals surface area contributed by atoms with Crippen LogP contribution < -0.4 is 4.74 Å². The van der Waals surface area contributed by atoms with Gasteiger partial charge in [0.1, 0.15) is 0 Å². The summed E-state index contributed by atoms with van der Waals surface area (Å²) in [5, 5.41) is 0.164. The number of rotatable bonds is 5. The fourth-order valence-electron chi connectivity index (χ4n) is 4.75. The molecule has 2 fully saturated rings. The minimum Gasteiger partial charge on any atom is -0.491 e. The first-order chi connectivity index (χ1) is 12.6. The summed E-state index contributed by atoms with van der Waals surface area (Å²) < 4.78 is 19.5. The van der Waals surface area contributed by atoms with Gasteiger partial charge in [0.15, 0.2) is 11.6 Å². The van der Waals surface area contributed by atoms with Crippen molar-refractivity contribution in [3.05, 3.63) is 34.6 Å². The lowest BCUT2D eigenvalue weighted by Crippen LogP contribution is -2.24. The Bertz CT molecular complexity index is 611. The monoisotopic (exact) mass is 378 g/mol. The van der Waals surface area contributed by atoms with E-state index in [1.54, 1.807) is 6.07 Å². The van der Waals surface area contributed by atoms with Gasteiger partial charge in [-0.05, 0) is 86.8 Å². The highest BCUT2D eigenvalue weighted by atomic mass is 35.5. The standard InChI is InChI=1S/C23H32ClFO/c1-3-26-21-15-14-20(22(24)23(21)25)13-8-17-6-11-19(12-7-17)18-9-4-16(2)5-10-18/h8,13-19H,3-7,9-12H2,1-2H3/b13-8+. The third kappa shape index (κ3) is 4.82. The van der Waals surface area contributed by atoms with E-state index in [1.807, 2.05) is 19.1 Å². The van der Waals surface area contributed by atoms with Crippen LogP contribution in [0.5, 0.6) is 5.75 Å². The predicted octanol–water partition coefficient (Wildman–Crippen LogP) is 7.52. The summed E-state index contributed by atoms with van der Waals surface area (Å²) in [5.41, 5.74) is 0.746. The maximum Gasteiger partial charge on any atom is 0.184 e. The van der Waals surface area contributed by atoms with Crippen LogP contribution in [0.15, 0.2) is 18.2 Å². The first-order valence-corrected chi connectivity index (χ1v) is 10.7. The van der Waals surface area contributed by atoms with Gasteiger partial charge >= 0.3 is 0 Å². The second-order valence-corrected chi connectivity index (χ2v) is 8.65. The molecule has 0 amide bonds. The molecule has 0 atom stereocenters. The van der Waals surface area contributed by atoms with E-state index >= 15 is 0 Å². The van der Waals surface area contributed by atoms with Gasteiger partial charge in [-0.3, -0.25) is 0 Å². The molecule has 0 heterocycles. The maximum absolute atomic E-state index is 14.2. The van der Waals surface area contributed by atoms with Crippen molar-refractivity contribution in [2.75, 3.05) is 6.61 Å². The van der Waals surface area contributed by atoms with E-state index in [0.29, 0.717) is 12.5 Å². The van der Waals surface area contributed by atoms with E-state index in [-0.39, 0.29) is 10.8 Å². The largest absolute Gasteiger partial charge is 0.491 e. The molecule has 2 aliphatic rings. The Morgan fingerprint density at radius 3 is 2.27 bits per heavy atom. The Balaban J connectivity index is 1.53. The molecule has 2 saturated carbocycles. The van der Waals surface area contributed by atoms with Gasteiger partial charge in [0, 0.05) is 0 Å². The molecule has 0 spiro atoms. The number of ether oxygens (including phenoxy) is 1. The second kappa shape index (κ2) is 9.26. The third-order valence-electron chi connectivity index (χ3n) is 6.47. The van der Waals surface area contributed by atoms with Gasteiger partial charge in [-0.15, -0.1) is 0 Å². The van der Waals surface area contributed by atoms with Crippen molar-refractivity contribution in [1.29, 1.82) is 0 Å². The molecule has 1 nitrogen and oxygen atoms in total. The zero-order valence-corrected chi connectivity index (χ0v) is 16.9. The fourth-order valence-corrected chi connectivity index (χ4v) is 4.97. The molecular formula is C23H32ClFO. The van der Waals surface area contributed by atoms with E-state index in [0.717, 1.165) is 23.3 Å². The number of halogens is 2. The van der Waals surface area contributed by atoms with Crippen molar-refractivity contribution in [2.45, 2.75) is 65.2 Å². The molecule has 0 saturated heterocycles. The molecule has 1 aromatic rings. The van der Waals surface area contributed by atoms with E-state index in [4.69, 9.17) is 16.3 Å². The van der Waals surface area contributed by atoms with Gasteiger partial charge < -0.3 is 4.74 Å². The Hall–Kier alpha value is -1.02. The molecule has 1 aromatic carbocycles. The summed E-state index contributed by atoms with van der Waals surface area (Å²) in [7, 11) is 0. The maximum atomic E-state index is 14.2. The van der Waals surface area contributed by atoms with Gasteiger partial charge in [0.05, 0.1) is 11.6 Å². The molecule has 0 N–H and O–H groups in total. The molecule has 3 heteroatoms. The molecule has 0 radical (unpaired) electrons. The van der Waals surface area contributed by atoms with Crippen LogP contribution in [-0.2, 0) is 0 Å². The van der Waals surface area contributed by atoms with E-state index < -0.39 is 5.82 Å². The summed E-state index contributed by atoms with van der Waals surface area (Å²) in [6.07, 6.45) is 15.2. The first kappa shape index (κ1) is 19.7. The van der Waals surface area contributed by atoms with Crippen LogP contribution in [0.3, 0.4) is 0 Å². The van der Waals surface area contributed by atoms with Crippen molar-refractivity contribution < 1.29 is 9.13 Å². The van der Waals surface area contributed by atoms with Crippen molar-refractivity contribution in [3.8, 4) is 5.75 Å². The van der Waals surface area contributed by atoms with Crippen LogP contribution >= 0.6 is 11.6 Å². The minimum absolute atomic E-state index is 0.164. The van der Waals surface area contributed by atoms with Crippen molar-refractivity contribution >= 4 is 17.7 Å². The highest BCUT2D eigenvalue weighted by Crippen LogP contribution is 2.41. The summed E-state index contributed by atoms with van der Waals surface area (Å²) in [6, 6.07) is 3.52. The second-order valence-electron chi connectivity index (χ2n) is 8.27. The number of allylic oxidation sites excluding steroid dienone is 1. The van der Waals surface area contributed by atoms with Crippen molar-refractivity contribution in [1.82, 2.24) is 0 Å². The summed E-state index contributed by atoms with van der Waals surface area (Å²) in [4.78, 5) is 0. The average molecular weight is 379 g/mol. The van der Waals surface area contributed by atoms with Crippen LogP contribution in [0.2, 0.25) is 5.02 Å². The molecule has 3 rings (SSSR count).